The second-order valence-electron chi connectivity index (χ2n) is 10.7. The van der Waals surface area contributed by atoms with Crippen molar-refractivity contribution < 1.29 is 75.7 Å². The Kier molecular flexibility index (Phi) is 20.4. The third-order valence-electron chi connectivity index (χ3n) is 5.43. The molecule has 0 aliphatic rings. The molecule has 0 bridgehead atoms. The summed E-state index contributed by atoms with van der Waals surface area (Å²) in [6.07, 6.45) is -5.08. The summed E-state index contributed by atoms with van der Waals surface area (Å²) >= 11 is 0. The molecule has 14 nitrogen and oxygen atoms in total. The number of hydrogen-bond acceptors (Lipinski definition) is 9. The van der Waals surface area contributed by atoms with Crippen LogP contribution in [0.1, 0.15) is 66.6 Å². The molecule has 0 aliphatic heterocycles. The second-order valence-corrected chi connectivity index (χ2v) is 10.7. The first-order valence-corrected chi connectivity index (χ1v) is 13.8. The molecule has 2 unspecified atom stereocenters. The first-order chi connectivity index (χ1) is 20.8. The van der Waals surface area contributed by atoms with E-state index >= 15 is 0 Å². The summed E-state index contributed by atoms with van der Waals surface area (Å²) in [6, 6.07) is 3.13. The molecule has 0 fully saturated rings. The van der Waals surface area contributed by atoms with Crippen molar-refractivity contribution in [2.75, 3.05) is 18.5 Å². The number of rotatable bonds is 14. The van der Waals surface area contributed by atoms with Gasteiger partial charge in [-0.25, -0.2) is 29.5 Å². The third kappa shape index (κ3) is 16.5. The predicted octanol–water partition coefficient (Wildman–Crippen LogP) is 0.279. The first kappa shape index (κ1) is 44.4. The van der Waals surface area contributed by atoms with Crippen molar-refractivity contribution >= 4 is 41.9 Å². The Bertz CT molecular complexity index is 1150. The predicted molar refractivity (Wildman–Crippen MR) is 158 cm³/mol. The molecular formula is C29H42F2LiN4O10-. The maximum atomic E-state index is 13.0. The molecule has 4 atom stereocenters. The number of nitrogens with one attached hydrogen (secondary N) is 4. The largest absolute Gasteiger partial charge is 1.00 e. The Morgan fingerprint density at radius 3 is 1.91 bits per heavy atom. The minimum Gasteiger partial charge on any atom is -0.538 e. The number of aliphatic carboxylic acids is 1. The van der Waals surface area contributed by atoms with Gasteiger partial charge in [-0.3, -0.25) is 9.59 Å². The van der Waals surface area contributed by atoms with Crippen LogP contribution in [0.4, 0.5) is 24.1 Å². The topological polar surface area (TPSA) is 198 Å². The zero-order chi connectivity index (χ0) is 35.0. The zero-order valence-electron chi connectivity index (χ0n) is 27.3. The minimum absolute atomic E-state index is 0. The Balaban J connectivity index is 0. The van der Waals surface area contributed by atoms with Crippen molar-refractivity contribution in [3.8, 4) is 0 Å². The number of carboxylic acid groups (broad SMARTS) is 1. The number of hydrogen-bond donors (Lipinski definition) is 5. The average molecular weight is 652 g/mol. The van der Waals surface area contributed by atoms with Crippen LogP contribution in [0, 0.1) is 6.92 Å². The molecule has 0 aromatic heterocycles. The summed E-state index contributed by atoms with van der Waals surface area (Å²) in [5.74, 6) is -3.29. The third-order valence-corrected chi connectivity index (χ3v) is 5.43. The van der Waals surface area contributed by atoms with Crippen LogP contribution in [0.15, 0.2) is 24.3 Å². The summed E-state index contributed by atoms with van der Waals surface area (Å²) in [6.45, 7) is 15.4. The van der Waals surface area contributed by atoms with E-state index in [2.05, 4.69) is 29.8 Å². The van der Waals surface area contributed by atoms with Gasteiger partial charge in [0.2, 0.25) is 11.8 Å². The summed E-state index contributed by atoms with van der Waals surface area (Å²) < 4.78 is 40.8. The number of benzene rings is 1. The standard InChI is InChI=1S/C24H31F2N4O9.C5H11O.Li/c1-12(27-17(32)13(2)28-21(36)39-23(3,4)5)18(33)29-15-9-7-14(8-10-15)16(11-31)38-22(37)30-24(6,19(25)26)20(34)35;1-3-5-6-4-2;/h7-10,12-13,16,19H,1-6H3,(H,27,32)(H,28,36)(H,29,33)(H,30,37)(H,34,35);2-5H2,1H3;/q2*-1;+1/t12-,13-,16?,24?;;/m0../s1. The number of alkyl carbamates (subject to hydrolysis) is 2. The van der Waals surface area contributed by atoms with Crippen molar-refractivity contribution in [3.63, 3.8) is 0 Å². The van der Waals surface area contributed by atoms with Gasteiger partial charge < -0.3 is 52.3 Å². The van der Waals surface area contributed by atoms with Gasteiger partial charge in [-0.15, -0.1) is 0 Å². The molecule has 0 radical (unpaired) electrons. The summed E-state index contributed by atoms with van der Waals surface area (Å²) in [4.78, 5) is 70.8. The van der Waals surface area contributed by atoms with Crippen LogP contribution in [0.25, 0.3) is 0 Å². The molecule has 0 aliphatic carbocycles. The number of carbonyl (C=O) groups excluding carboxylic acids is 5. The van der Waals surface area contributed by atoms with E-state index in [0.717, 1.165) is 13.0 Å². The van der Waals surface area contributed by atoms with Gasteiger partial charge in [0.05, 0.1) is 0 Å². The summed E-state index contributed by atoms with van der Waals surface area (Å²) in [7, 11) is 0. The molecule has 46 heavy (non-hydrogen) atoms. The fraction of sp³-hybridized carbons (Fsp3) is 0.552. The van der Waals surface area contributed by atoms with Crippen molar-refractivity contribution in [3.05, 3.63) is 36.8 Å². The molecule has 0 saturated heterocycles. The van der Waals surface area contributed by atoms with Crippen LogP contribution in [0.5, 0.6) is 0 Å². The Hall–Kier alpha value is -3.74. The smallest absolute Gasteiger partial charge is 0.538 e. The van der Waals surface area contributed by atoms with E-state index in [9.17, 15) is 37.5 Å². The molecule has 0 saturated carbocycles. The first-order valence-electron chi connectivity index (χ1n) is 13.8. The molecule has 0 spiro atoms. The summed E-state index contributed by atoms with van der Waals surface area (Å²) in [5.41, 5.74) is -3.46. The van der Waals surface area contributed by atoms with E-state index in [1.807, 2.05) is 0 Å². The van der Waals surface area contributed by atoms with E-state index in [0.29, 0.717) is 13.5 Å². The minimum atomic E-state index is -3.47. The molecule has 254 valence electrons. The summed E-state index contributed by atoms with van der Waals surface area (Å²) in [5, 5.41) is 17.7. The van der Waals surface area contributed by atoms with Crippen molar-refractivity contribution in [2.24, 2.45) is 0 Å². The van der Waals surface area contributed by atoms with Crippen molar-refractivity contribution in [1.29, 1.82) is 0 Å². The fourth-order valence-electron chi connectivity index (χ4n) is 2.90. The van der Waals surface area contributed by atoms with Gasteiger partial charge >= 0.3 is 37.0 Å². The van der Waals surface area contributed by atoms with Crippen LogP contribution in [0.2, 0.25) is 0 Å². The normalized spacial score (nSPS) is 13.9. The quantitative estimate of drug-likeness (QED) is 0.106. The van der Waals surface area contributed by atoms with Crippen molar-refractivity contribution in [2.45, 2.75) is 90.6 Å². The van der Waals surface area contributed by atoms with E-state index < -0.39 is 65.7 Å². The van der Waals surface area contributed by atoms with Gasteiger partial charge in [-0.1, -0.05) is 25.7 Å². The Morgan fingerprint density at radius 1 is 0.957 bits per heavy atom. The molecule has 1 aromatic carbocycles. The van der Waals surface area contributed by atoms with Crippen LogP contribution in [-0.4, -0.2) is 84.2 Å². The number of halogens is 2. The number of carbonyl (C=O) groups is 5. The van der Waals surface area contributed by atoms with Gasteiger partial charge in [0.1, 0.15) is 17.7 Å². The fourth-order valence-corrected chi connectivity index (χ4v) is 2.90. The molecule has 5 N–H and O–H groups in total. The molecule has 4 amide bonds. The van der Waals surface area contributed by atoms with Crippen LogP contribution < -0.4 is 40.1 Å². The molecule has 17 heteroatoms. The van der Waals surface area contributed by atoms with Crippen LogP contribution >= 0.6 is 0 Å². The van der Waals surface area contributed by atoms with Crippen LogP contribution in [-0.2, 0) is 33.4 Å². The monoisotopic (exact) mass is 651 g/mol. The zero-order valence-corrected chi connectivity index (χ0v) is 27.3. The second kappa shape index (κ2) is 21.1. The van der Waals surface area contributed by atoms with Gasteiger partial charge in [0, 0.05) is 18.4 Å². The molecular weight excluding hydrogens is 609 g/mol. The number of alkyl halides is 2. The maximum absolute atomic E-state index is 13.0. The van der Waals surface area contributed by atoms with Gasteiger partial charge in [0.25, 0.3) is 6.43 Å². The van der Waals surface area contributed by atoms with Gasteiger partial charge in [-0.2, -0.15) is 0 Å². The molecule has 1 rings (SSSR count). The Morgan fingerprint density at radius 2 is 1.50 bits per heavy atom. The van der Waals surface area contributed by atoms with Gasteiger partial charge in [0.15, 0.2) is 5.54 Å². The van der Waals surface area contributed by atoms with Crippen molar-refractivity contribution in [1.82, 2.24) is 16.0 Å². The number of ether oxygens (including phenoxy) is 3. The van der Waals surface area contributed by atoms with E-state index in [4.69, 9.17) is 19.3 Å². The molecule has 0 heterocycles. The number of amides is 4. The molecule has 1 aromatic rings. The van der Waals surface area contributed by atoms with Gasteiger partial charge in [-0.05, 0) is 65.7 Å². The van der Waals surface area contributed by atoms with Crippen LogP contribution in [0.3, 0.4) is 0 Å². The maximum Gasteiger partial charge on any atom is 1.00 e. The number of anilines is 1. The number of carboxylic acids is 1. The average Bonchev–Trinajstić information content (AvgIpc) is 2.94. The Labute approximate surface area is 279 Å². The van der Waals surface area contributed by atoms with E-state index in [1.54, 1.807) is 20.8 Å². The van der Waals surface area contributed by atoms with E-state index in [1.165, 1.54) is 49.7 Å². The SMILES string of the molecule is C[C@H](NC(=O)OC(C)(C)C)C(=O)N[C@@H](C)C(=O)Nc1ccc(C([C-]=O)OC(=O)NC(C)(C(=O)O)C(F)F)cc1.[CH2-]COCCC.[Li+]. The van der Waals surface area contributed by atoms with E-state index in [-0.39, 0.29) is 30.1 Å².